The minimum atomic E-state index is -0.361. The predicted octanol–water partition coefficient (Wildman–Crippen LogP) is 1.68. The summed E-state index contributed by atoms with van der Waals surface area (Å²) < 4.78 is 5.34. The number of nitrogens with one attached hydrogen (secondary N) is 1. The molecule has 0 spiro atoms. The summed E-state index contributed by atoms with van der Waals surface area (Å²) >= 11 is 0. The molecule has 3 aliphatic rings. The van der Waals surface area contributed by atoms with Crippen LogP contribution in [0.5, 0.6) is 0 Å². The zero-order valence-electron chi connectivity index (χ0n) is 12.5. The molecule has 0 aromatic heterocycles. The van der Waals surface area contributed by atoms with Crippen molar-refractivity contribution in [1.29, 1.82) is 0 Å². The Kier molecular flexibility index (Phi) is 4.32. The Labute approximate surface area is 121 Å². The standard InChI is InChI=1S/C16H28N2O2/c1-10(14-9-11-2-3-13(14)8-11)18-16(19)15(17)12-4-6-20-7-5-12/h10-15H,2-9,17H2,1H3,(H,18,19). The van der Waals surface area contributed by atoms with E-state index in [1.165, 1.54) is 25.7 Å². The fraction of sp³-hybridized carbons (Fsp3) is 0.938. The molecule has 1 amide bonds. The van der Waals surface area contributed by atoms with Crippen molar-refractivity contribution in [2.24, 2.45) is 29.4 Å². The molecule has 5 unspecified atom stereocenters. The number of hydrogen-bond donors (Lipinski definition) is 2. The lowest BCUT2D eigenvalue weighted by Gasteiger charge is -2.31. The molecule has 114 valence electrons. The maximum Gasteiger partial charge on any atom is 0.237 e. The van der Waals surface area contributed by atoms with E-state index in [2.05, 4.69) is 12.2 Å². The third kappa shape index (κ3) is 2.86. The van der Waals surface area contributed by atoms with Gasteiger partial charge in [0.15, 0.2) is 0 Å². The van der Waals surface area contributed by atoms with Crippen LogP contribution in [0.2, 0.25) is 0 Å². The zero-order chi connectivity index (χ0) is 14.1. The van der Waals surface area contributed by atoms with Gasteiger partial charge in [0.2, 0.25) is 5.91 Å². The average molecular weight is 280 g/mol. The van der Waals surface area contributed by atoms with Crippen molar-refractivity contribution in [3.05, 3.63) is 0 Å². The molecular weight excluding hydrogens is 252 g/mol. The summed E-state index contributed by atoms with van der Waals surface area (Å²) in [6, 6.07) is -0.0800. The van der Waals surface area contributed by atoms with Gasteiger partial charge in [-0.25, -0.2) is 0 Å². The Hall–Kier alpha value is -0.610. The number of hydrogen-bond acceptors (Lipinski definition) is 3. The van der Waals surface area contributed by atoms with E-state index >= 15 is 0 Å². The van der Waals surface area contributed by atoms with E-state index < -0.39 is 0 Å². The summed E-state index contributed by atoms with van der Waals surface area (Å²) in [4.78, 5) is 12.3. The Morgan fingerprint density at radius 1 is 1.20 bits per heavy atom. The van der Waals surface area contributed by atoms with Crippen molar-refractivity contribution >= 4 is 5.91 Å². The van der Waals surface area contributed by atoms with Crippen molar-refractivity contribution in [3.8, 4) is 0 Å². The molecule has 20 heavy (non-hydrogen) atoms. The molecule has 1 saturated heterocycles. The van der Waals surface area contributed by atoms with E-state index in [1.807, 2.05) is 0 Å². The van der Waals surface area contributed by atoms with Crippen LogP contribution in [0.4, 0.5) is 0 Å². The van der Waals surface area contributed by atoms with E-state index in [0.717, 1.165) is 37.9 Å². The molecule has 4 nitrogen and oxygen atoms in total. The summed E-state index contributed by atoms with van der Waals surface area (Å²) in [6.07, 6.45) is 7.29. The Bertz CT molecular complexity index is 354. The molecular formula is C16H28N2O2. The third-order valence-electron chi connectivity index (χ3n) is 5.88. The van der Waals surface area contributed by atoms with E-state index in [9.17, 15) is 4.79 Å². The molecule has 3 rings (SSSR count). The quantitative estimate of drug-likeness (QED) is 0.823. The highest BCUT2D eigenvalue weighted by Gasteiger charge is 2.42. The molecule has 2 bridgehead atoms. The van der Waals surface area contributed by atoms with Gasteiger partial charge in [-0.15, -0.1) is 0 Å². The van der Waals surface area contributed by atoms with E-state index in [1.54, 1.807) is 0 Å². The van der Waals surface area contributed by atoms with E-state index in [4.69, 9.17) is 10.5 Å². The maximum atomic E-state index is 12.3. The van der Waals surface area contributed by atoms with Gasteiger partial charge in [0.25, 0.3) is 0 Å². The summed E-state index contributed by atoms with van der Waals surface area (Å²) in [5.41, 5.74) is 6.15. The highest BCUT2D eigenvalue weighted by molar-refractivity contribution is 5.82. The molecule has 4 heteroatoms. The molecule has 0 aromatic rings. The molecule has 3 N–H and O–H groups in total. The van der Waals surface area contributed by atoms with Gasteiger partial charge in [-0.3, -0.25) is 4.79 Å². The van der Waals surface area contributed by atoms with Crippen LogP contribution in [0.1, 0.15) is 45.4 Å². The largest absolute Gasteiger partial charge is 0.381 e. The fourth-order valence-corrected chi connectivity index (χ4v) is 4.62. The lowest BCUT2D eigenvalue weighted by atomic mass is 9.83. The Balaban J connectivity index is 1.50. The number of carbonyl (C=O) groups is 1. The first-order valence-electron chi connectivity index (χ1n) is 8.29. The van der Waals surface area contributed by atoms with Gasteiger partial charge in [0.1, 0.15) is 0 Å². The second-order valence-electron chi connectivity index (χ2n) is 7.11. The van der Waals surface area contributed by atoms with Crippen LogP contribution < -0.4 is 11.1 Å². The third-order valence-corrected chi connectivity index (χ3v) is 5.88. The number of fused-ring (bicyclic) bond motifs is 2. The fourth-order valence-electron chi connectivity index (χ4n) is 4.62. The van der Waals surface area contributed by atoms with Crippen molar-refractivity contribution in [2.45, 2.75) is 57.5 Å². The van der Waals surface area contributed by atoms with Gasteiger partial charge in [0, 0.05) is 19.3 Å². The number of amides is 1. The molecule has 1 heterocycles. The lowest BCUT2D eigenvalue weighted by Crippen LogP contribution is -2.51. The van der Waals surface area contributed by atoms with Crippen LogP contribution in [-0.2, 0) is 9.53 Å². The van der Waals surface area contributed by atoms with Crippen LogP contribution in [0, 0.1) is 23.7 Å². The maximum absolute atomic E-state index is 12.3. The van der Waals surface area contributed by atoms with Crippen LogP contribution in [0.25, 0.3) is 0 Å². The summed E-state index contributed by atoms with van der Waals surface area (Å²) in [6.45, 7) is 3.65. The second-order valence-corrected chi connectivity index (χ2v) is 7.11. The van der Waals surface area contributed by atoms with Gasteiger partial charge in [-0.2, -0.15) is 0 Å². The summed E-state index contributed by atoms with van der Waals surface area (Å²) in [7, 11) is 0. The van der Waals surface area contributed by atoms with Gasteiger partial charge in [0.05, 0.1) is 6.04 Å². The number of nitrogens with two attached hydrogens (primary N) is 1. The first kappa shape index (κ1) is 14.3. The van der Waals surface area contributed by atoms with Gasteiger partial charge < -0.3 is 15.8 Å². The van der Waals surface area contributed by atoms with Gasteiger partial charge in [-0.05, 0) is 62.7 Å². The lowest BCUT2D eigenvalue weighted by molar-refractivity contribution is -0.125. The van der Waals surface area contributed by atoms with Crippen LogP contribution >= 0.6 is 0 Å². The summed E-state index contributed by atoms with van der Waals surface area (Å²) in [5.74, 6) is 2.78. The highest BCUT2D eigenvalue weighted by Crippen LogP contribution is 2.49. The average Bonchev–Trinajstić information content (AvgIpc) is 3.10. The zero-order valence-corrected chi connectivity index (χ0v) is 12.5. The van der Waals surface area contributed by atoms with Crippen LogP contribution in [0.3, 0.4) is 0 Å². The smallest absolute Gasteiger partial charge is 0.237 e. The van der Waals surface area contributed by atoms with E-state index in [-0.39, 0.29) is 23.9 Å². The van der Waals surface area contributed by atoms with Gasteiger partial charge in [-0.1, -0.05) is 6.42 Å². The number of ether oxygens (including phenoxy) is 1. The minimum Gasteiger partial charge on any atom is -0.381 e. The van der Waals surface area contributed by atoms with Crippen molar-refractivity contribution in [1.82, 2.24) is 5.32 Å². The first-order valence-corrected chi connectivity index (χ1v) is 8.29. The predicted molar refractivity (Wildman–Crippen MR) is 78.1 cm³/mol. The first-order chi connectivity index (χ1) is 9.65. The minimum absolute atomic E-state index is 0.0483. The Morgan fingerprint density at radius 2 is 1.95 bits per heavy atom. The monoisotopic (exact) mass is 280 g/mol. The van der Waals surface area contributed by atoms with Crippen LogP contribution in [-0.4, -0.2) is 31.2 Å². The molecule has 0 aromatic carbocycles. The molecule has 2 aliphatic carbocycles. The van der Waals surface area contributed by atoms with E-state index in [0.29, 0.717) is 5.92 Å². The molecule has 3 fully saturated rings. The molecule has 5 atom stereocenters. The second kappa shape index (κ2) is 6.02. The number of carbonyl (C=O) groups excluding carboxylic acids is 1. The topological polar surface area (TPSA) is 64.4 Å². The molecule has 2 saturated carbocycles. The van der Waals surface area contributed by atoms with Crippen molar-refractivity contribution in [2.75, 3.05) is 13.2 Å². The van der Waals surface area contributed by atoms with Crippen LogP contribution in [0.15, 0.2) is 0 Å². The van der Waals surface area contributed by atoms with Crippen molar-refractivity contribution < 1.29 is 9.53 Å². The molecule has 1 aliphatic heterocycles. The van der Waals surface area contributed by atoms with Gasteiger partial charge >= 0.3 is 0 Å². The molecule has 0 radical (unpaired) electrons. The van der Waals surface area contributed by atoms with Crippen molar-refractivity contribution in [3.63, 3.8) is 0 Å². The normalized spacial score (nSPS) is 36.8. The summed E-state index contributed by atoms with van der Waals surface area (Å²) in [5, 5.41) is 3.20. The Morgan fingerprint density at radius 3 is 2.55 bits per heavy atom. The SMILES string of the molecule is CC(NC(=O)C(N)C1CCOCC1)C1CC2CCC1C2. The highest BCUT2D eigenvalue weighted by atomic mass is 16.5. The number of rotatable bonds is 4.